The Morgan fingerprint density at radius 1 is 1.19 bits per heavy atom. The zero-order valence-electron chi connectivity index (χ0n) is 10.5. The van der Waals surface area contributed by atoms with Crippen LogP contribution in [0, 0.1) is 11.6 Å². The summed E-state index contributed by atoms with van der Waals surface area (Å²) in [7, 11) is 0. The SMILES string of the molecule is [N-]=[N+]=NC(Cc1cc(F)cc(F)c1)c1nc(Br)ccc1Br. The van der Waals surface area contributed by atoms with Crippen LogP contribution in [0.15, 0.2) is 44.5 Å². The summed E-state index contributed by atoms with van der Waals surface area (Å²) in [4.78, 5) is 7.04. The Labute approximate surface area is 136 Å². The van der Waals surface area contributed by atoms with Gasteiger partial charge in [0.1, 0.15) is 16.2 Å². The fourth-order valence-corrected chi connectivity index (χ4v) is 2.68. The Hall–Kier alpha value is -1.50. The number of hydrogen-bond donors (Lipinski definition) is 0. The molecule has 8 heteroatoms. The van der Waals surface area contributed by atoms with Gasteiger partial charge in [-0.15, -0.1) is 0 Å². The average molecular weight is 418 g/mol. The molecule has 21 heavy (non-hydrogen) atoms. The number of benzene rings is 1. The lowest BCUT2D eigenvalue weighted by atomic mass is 10.0. The number of hydrogen-bond acceptors (Lipinski definition) is 2. The highest BCUT2D eigenvalue weighted by atomic mass is 79.9. The van der Waals surface area contributed by atoms with Gasteiger partial charge in [0.2, 0.25) is 0 Å². The molecule has 0 aliphatic rings. The van der Waals surface area contributed by atoms with Crippen LogP contribution in [0.1, 0.15) is 17.3 Å². The molecule has 4 nitrogen and oxygen atoms in total. The number of azide groups is 1. The van der Waals surface area contributed by atoms with Crippen molar-refractivity contribution in [2.45, 2.75) is 12.5 Å². The number of rotatable bonds is 4. The van der Waals surface area contributed by atoms with E-state index in [1.54, 1.807) is 12.1 Å². The Morgan fingerprint density at radius 3 is 2.48 bits per heavy atom. The van der Waals surface area contributed by atoms with Crippen molar-refractivity contribution in [1.29, 1.82) is 0 Å². The number of halogens is 4. The average Bonchev–Trinajstić information content (AvgIpc) is 2.40. The third-order valence-corrected chi connectivity index (χ3v) is 3.81. The number of nitrogens with zero attached hydrogens (tertiary/aromatic N) is 4. The topological polar surface area (TPSA) is 61.7 Å². The second-order valence-corrected chi connectivity index (χ2v) is 5.87. The Balaban J connectivity index is 2.39. The third-order valence-electron chi connectivity index (χ3n) is 2.70. The summed E-state index contributed by atoms with van der Waals surface area (Å²) in [6, 6.07) is 5.99. The number of aromatic nitrogens is 1. The molecule has 0 fully saturated rings. The molecule has 2 aromatic rings. The van der Waals surface area contributed by atoms with E-state index in [4.69, 9.17) is 5.53 Å². The van der Waals surface area contributed by atoms with E-state index >= 15 is 0 Å². The molecule has 0 saturated heterocycles. The first kappa shape index (κ1) is 15.9. The Kier molecular flexibility index (Phi) is 5.27. The molecule has 1 unspecified atom stereocenters. The van der Waals surface area contributed by atoms with Crippen molar-refractivity contribution < 1.29 is 8.78 Å². The summed E-state index contributed by atoms with van der Waals surface area (Å²) < 4.78 is 27.7. The van der Waals surface area contributed by atoms with Crippen LogP contribution in [0.25, 0.3) is 10.4 Å². The van der Waals surface area contributed by atoms with Crippen molar-refractivity contribution >= 4 is 31.9 Å². The maximum Gasteiger partial charge on any atom is 0.126 e. The van der Waals surface area contributed by atoms with Crippen LogP contribution >= 0.6 is 31.9 Å². The molecule has 1 heterocycles. The van der Waals surface area contributed by atoms with E-state index in [1.807, 2.05) is 0 Å². The minimum Gasteiger partial charge on any atom is -0.244 e. The van der Waals surface area contributed by atoms with Gasteiger partial charge in [-0.25, -0.2) is 13.8 Å². The van der Waals surface area contributed by atoms with E-state index < -0.39 is 17.7 Å². The largest absolute Gasteiger partial charge is 0.244 e. The van der Waals surface area contributed by atoms with Crippen molar-refractivity contribution in [3.8, 4) is 0 Å². The highest BCUT2D eigenvalue weighted by Gasteiger charge is 2.17. The van der Waals surface area contributed by atoms with Crippen LogP contribution in [0.4, 0.5) is 8.78 Å². The van der Waals surface area contributed by atoms with Crippen LogP contribution in [-0.4, -0.2) is 4.98 Å². The van der Waals surface area contributed by atoms with Crippen LogP contribution in [0.2, 0.25) is 0 Å². The van der Waals surface area contributed by atoms with E-state index in [0.717, 1.165) is 6.07 Å². The molecule has 0 N–H and O–H groups in total. The lowest BCUT2D eigenvalue weighted by Crippen LogP contribution is -2.04. The minimum absolute atomic E-state index is 0.140. The minimum atomic E-state index is -0.678. The molecule has 0 bridgehead atoms. The van der Waals surface area contributed by atoms with Crippen LogP contribution in [0.5, 0.6) is 0 Å². The maximum atomic E-state index is 13.2. The molecule has 1 aromatic carbocycles. The van der Waals surface area contributed by atoms with Gasteiger partial charge in [-0.3, -0.25) is 0 Å². The van der Waals surface area contributed by atoms with Gasteiger partial charge in [-0.2, -0.15) is 0 Å². The van der Waals surface area contributed by atoms with E-state index in [1.165, 1.54) is 12.1 Å². The van der Waals surface area contributed by atoms with Crippen LogP contribution in [-0.2, 0) is 6.42 Å². The normalized spacial score (nSPS) is 11.8. The number of pyridine rings is 1. The van der Waals surface area contributed by atoms with Gasteiger partial charge >= 0.3 is 0 Å². The monoisotopic (exact) mass is 416 g/mol. The molecule has 1 atom stereocenters. The van der Waals surface area contributed by atoms with Crippen molar-refractivity contribution in [3.63, 3.8) is 0 Å². The van der Waals surface area contributed by atoms with Gasteiger partial charge in [0.05, 0.1) is 11.7 Å². The molecule has 108 valence electrons. The highest BCUT2D eigenvalue weighted by molar-refractivity contribution is 9.11. The molecule has 0 radical (unpaired) electrons. The first-order chi connectivity index (χ1) is 9.99. The van der Waals surface area contributed by atoms with Gasteiger partial charge in [0.15, 0.2) is 0 Å². The zero-order valence-corrected chi connectivity index (χ0v) is 13.6. The second-order valence-electron chi connectivity index (χ2n) is 4.20. The summed E-state index contributed by atoms with van der Waals surface area (Å²) in [5, 5.41) is 3.67. The smallest absolute Gasteiger partial charge is 0.126 e. The van der Waals surface area contributed by atoms with Gasteiger partial charge in [-0.1, -0.05) is 5.11 Å². The van der Waals surface area contributed by atoms with E-state index in [2.05, 4.69) is 46.9 Å². The summed E-state index contributed by atoms with van der Waals surface area (Å²) in [6.45, 7) is 0. The van der Waals surface area contributed by atoms with Crippen LogP contribution < -0.4 is 0 Å². The van der Waals surface area contributed by atoms with E-state index in [0.29, 0.717) is 20.3 Å². The lowest BCUT2D eigenvalue weighted by molar-refractivity contribution is 0.575. The summed E-state index contributed by atoms with van der Waals surface area (Å²) in [6.07, 6.45) is 0.140. The molecule has 0 aliphatic carbocycles. The van der Waals surface area contributed by atoms with E-state index in [-0.39, 0.29) is 6.42 Å². The molecule has 0 spiro atoms. The maximum absolute atomic E-state index is 13.2. The Morgan fingerprint density at radius 2 is 1.86 bits per heavy atom. The van der Waals surface area contributed by atoms with Gasteiger partial charge < -0.3 is 0 Å². The van der Waals surface area contributed by atoms with Crippen molar-refractivity contribution in [1.82, 2.24) is 4.98 Å². The molecule has 0 aliphatic heterocycles. The molecule has 2 rings (SSSR count). The standard InChI is InChI=1S/C13H8Br2F2N4/c14-10-1-2-12(15)19-13(10)11(20-21-18)5-7-3-8(16)6-9(17)4-7/h1-4,6,11H,5H2. The predicted molar refractivity (Wildman–Crippen MR) is 81.6 cm³/mol. The fraction of sp³-hybridized carbons (Fsp3) is 0.154. The molecule has 0 saturated carbocycles. The zero-order chi connectivity index (χ0) is 15.4. The van der Waals surface area contributed by atoms with Gasteiger partial charge in [-0.05, 0) is 73.6 Å². The first-order valence-electron chi connectivity index (χ1n) is 5.80. The van der Waals surface area contributed by atoms with Crippen molar-refractivity contribution in [2.75, 3.05) is 0 Å². The van der Waals surface area contributed by atoms with Crippen molar-refractivity contribution in [3.05, 3.63) is 72.7 Å². The summed E-state index contributed by atoms with van der Waals surface area (Å²) in [5.41, 5.74) is 9.58. The quantitative estimate of drug-likeness (QED) is 0.281. The lowest BCUT2D eigenvalue weighted by Gasteiger charge is -2.13. The Bertz CT molecular complexity index is 697. The molecular formula is C13H8Br2F2N4. The second kappa shape index (κ2) is 6.98. The van der Waals surface area contributed by atoms with Gasteiger partial charge in [0.25, 0.3) is 0 Å². The third kappa shape index (κ3) is 4.23. The first-order valence-corrected chi connectivity index (χ1v) is 7.39. The highest BCUT2D eigenvalue weighted by Crippen LogP contribution is 2.29. The molecule has 0 amide bonds. The fourth-order valence-electron chi connectivity index (χ4n) is 1.87. The molecular weight excluding hydrogens is 410 g/mol. The van der Waals surface area contributed by atoms with Crippen LogP contribution in [0.3, 0.4) is 0 Å². The summed E-state index contributed by atoms with van der Waals surface area (Å²) in [5.74, 6) is -1.35. The van der Waals surface area contributed by atoms with E-state index in [9.17, 15) is 8.78 Å². The van der Waals surface area contributed by atoms with Gasteiger partial charge in [0, 0.05) is 15.5 Å². The predicted octanol–water partition coefficient (Wildman–Crippen LogP) is 5.48. The van der Waals surface area contributed by atoms with Crippen molar-refractivity contribution in [2.24, 2.45) is 5.11 Å². The summed E-state index contributed by atoms with van der Waals surface area (Å²) >= 11 is 6.57. The molecule has 1 aromatic heterocycles.